The van der Waals surface area contributed by atoms with E-state index in [1.165, 1.54) is 18.2 Å². The lowest BCUT2D eigenvalue weighted by Gasteiger charge is -2.09. The lowest BCUT2D eigenvalue weighted by Crippen LogP contribution is -2.04. The van der Waals surface area contributed by atoms with Crippen LogP contribution >= 0.6 is 12.4 Å². The normalized spacial score (nSPS) is 11.5. The van der Waals surface area contributed by atoms with Crippen LogP contribution < -0.4 is 11.5 Å². The number of para-hydroxylation sites is 2. The fraction of sp³-hybridized carbons (Fsp3) is 0. The first-order valence-corrected chi connectivity index (χ1v) is 9.06. The Labute approximate surface area is 185 Å². The number of carboxylic acid groups (broad SMARTS) is 2. The minimum atomic E-state index is -1.15. The van der Waals surface area contributed by atoms with Crippen molar-refractivity contribution in [1.29, 1.82) is 0 Å². The highest BCUT2D eigenvalue weighted by molar-refractivity contribution is 6.23. The first-order valence-electron chi connectivity index (χ1n) is 9.06. The number of nitrogen functional groups attached to an aromatic ring is 2. The molecule has 0 aliphatic rings. The molecule has 0 aliphatic heterocycles. The predicted molar refractivity (Wildman–Crippen MR) is 126 cm³/mol. The number of anilines is 2. The third-order valence-electron chi connectivity index (χ3n) is 4.54. The van der Waals surface area contributed by atoms with E-state index in [1.807, 2.05) is 0 Å². The molecular weight excluding hydrogens is 416 g/mol. The van der Waals surface area contributed by atoms with Crippen LogP contribution in [0.3, 0.4) is 0 Å². The quantitative estimate of drug-likeness (QED) is 0.255. The van der Waals surface area contributed by atoms with Crippen molar-refractivity contribution in [2.75, 3.05) is 11.5 Å². The van der Waals surface area contributed by atoms with Crippen molar-refractivity contribution in [2.24, 2.45) is 0 Å². The molecule has 0 aromatic heterocycles. The van der Waals surface area contributed by atoms with Crippen molar-refractivity contribution in [3.05, 3.63) is 95.1 Å². The van der Waals surface area contributed by atoms with Crippen molar-refractivity contribution >= 4 is 59.0 Å². The van der Waals surface area contributed by atoms with Gasteiger partial charge in [-0.1, -0.05) is 54.6 Å². The second-order valence-electron chi connectivity index (χ2n) is 6.56. The Morgan fingerprint density at radius 2 is 1.03 bits per heavy atom. The maximum atomic E-state index is 11.9. The SMILES string of the molecule is Cl.Nc1ccccc1C=C(C(=O)O)c1cccc(C(=Cc2ccccc2N)C(=O)O)c1. The molecule has 0 saturated heterocycles. The van der Waals surface area contributed by atoms with Gasteiger partial charge >= 0.3 is 11.9 Å². The molecule has 7 heteroatoms. The number of carbonyl (C=O) groups is 2. The van der Waals surface area contributed by atoms with E-state index in [4.69, 9.17) is 11.5 Å². The van der Waals surface area contributed by atoms with Crippen LogP contribution in [0.25, 0.3) is 23.3 Å². The smallest absolute Gasteiger partial charge is 0.336 e. The molecule has 0 atom stereocenters. The maximum absolute atomic E-state index is 11.9. The number of benzene rings is 3. The summed E-state index contributed by atoms with van der Waals surface area (Å²) in [5.41, 5.74) is 14.6. The van der Waals surface area contributed by atoms with E-state index in [2.05, 4.69) is 0 Å². The molecule has 0 spiro atoms. The highest BCUT2D eigenvalue weighted by Crippen LogP contribution is 2.27. The minimum Gasteiger partial charge on any atom is -0.478 e. The molecule has 0 aliphatic carbocycles. The molecule has 0 fully saturated rings. The Morgan fingerprint density at radius 1 is 0.645 bits per heavy atom. The lowest BCUT2D eigenvalue weighted by molar-refractivity contribution is -0.131. The molecule has 0 bridgehead atoms. The summed E-state index contributed by atoms with van der Waals surface area (Å²) in [6, 6.07) is 20.2. The molecule has 0 heterocycles. The van der Waals surface area contributed by atoms with Crippen molar-refractivity contribution < 1.29 is 19.8 Å². The van der Waals surface area contributed by atoms with Gasteiger partial charge in [0.15, 0.2) is 0 Å². The lowest BCUT2D eigenvalue weighted by atomic mass is 9.96. The van der Waals surface area contributed by atoms with Crippen LogP contribution in [0.2, 0.25) is 0 Å². The van der Waals surface area contributed by atoms with Gasteiger partial charge in [-0.2, -0.15) is 0 Å². The summed E-state index contributed by atoms with van der Waals surface area (Å²) in [6.07, 6.45) is 2.94. The Kier molecular flexibility index (Phi) is 7.60. The molecule has 3 aromatic carbocycles. The number of halogens is 1. The second kappa shape index (κ2) is 10.1. The molecule has 0 saturated carbocycles. The van der Waals surface area contributed by atoms with Crippen LogP contribution in [0.15, 0.2) is 72.8 Å². The summed E-state index contributed by atoms with van der Waals surface area (Å²) in [5.74, 6) is -2.30. The monoisotopic (exact) mass is 436 g/mol. The van der Waals surface area contributed by atoms with Crippen molar-refractivity contribution in [3.63, 3.8) is 0 Å². The van der Waals surface area contributed by atoms with Crippen LogP contribution in [-0.4, -0.2) is 22.2 Å². The third kappa shape index (κ3) is 5.52. The number of aliphatic carboxylic acids is 2. The van der Waals surface area contributed by atoms with Gasteiger partial charge in [-0.3, -0.25) is 0 Å². The van der Waals surface area contributed by atoms with Gasteiger partial charge in [0.2, 0.25) is 0 Å². The number of hydrogen-bond donors (Lipinski definition) is 4. The van der Waals surface area contributed by atoms with Gasteiger partial charge in [-0.05, 0) is 52.6 Å². The topological polar surface area (TPSA) is 127 Å². The summed E-state index contributed by atoms with van der Waals surface area (Å²) in [5, 5.41) is 19.5. The third-order valence-corrected chi connectivity index (χ3v) is 4.54. The first-order chi connectivity index (χ1) is 14.4. The fourth-order valence-electron chi connectivity index (χ4n) is 2.99. The number of hydrogen-bond acceptors (Lipinski definition) is 4. The van der Waals surface area contributed by atoms with Crippen LogP contribution in [0.5, 0.6) is 0 Å². The van der Waals surface area contributed by atoms with Gasteiger partial charge in [-0.15, -0.1) is 12.4 Å². The summed E-state index contributed by atoms with van der Waals surface area (Å²) in [4.78, 5) is 23.8. The zero-order chi connectivity index (χ0) is 21.7. The zero-order valence-electron chi connectivity index (χ0n) is 16.4. The zero-order valence-corrected chi connectivity index (χ0v) is 17.2. The largest absolute Gasteiger partial charge is 0.478 e. The number of nitrogens with two attached hydrogens (primary N) is 2. The summed E-state index contributed by atoms with van der Waals surface area (Å²) in [7, 11) is 0. The van der Waals surface area contributed by atoms with E-state index in [1.54, 1.807) is 66.7 Å². The molecule has 31 heavy (non-hydrogen) atoms. The van der Waals surface area contributed by atoms with Crippen molar-refractivity contribution in [3.8, 4) is 0 Å². The first kappa shape index (κ1) is 23.3. The van der Waals surface area contributed by atoms with Gasteiger partial charge in [0.25, 0.3) is 0 Å². The molecule has 3 rings (SSSR count). The number of carboxylic acids is 2. The van der Waals surface area contributed by atoms with E-state index in [9.17, 15) is 19.8 Å². The average molecular weight is 437 g/mol. The maximum Gasteiger partial charge on any atom is 0.336 e. The van der Waals surface area contributed by atoms with Gasteiger partial charge in [0.05, 0.1) is 11.1 Å². The Hall–Kier alpha value is -4.03. The van der Waals surface area contributed by atoms with E-state index in [0.29, 0.717) is 33.6 Å². The molecule has 3 aromatic rings. The van der Waals surface area contributed by atoms with Crippen LogP contribution in [0.4, 0.5) is 11.4 Å². The van der Waals surface area contributed by atoms with Crippen molar-refractivity contribution in [2.45, 2.75) is 0 Å². The Bertz CT molecular complexity index is 1100. The number of rotatable bonds is 6. The van der Waals surface area contributed by atoms with Gasteiger partial charge in [-0.25, -0.2) is 9.59 Å². The molecule has 0 unspecified atom stereocenters. The highest BCUT2D eigenvalue weighted by Gasteiger charge is 2.16. The van der Waals surface area contributed by atoms with Crippen LogP contribution in [0, 0.1) is 0 Å². The fourth-order valence-corrected chi connectivity index (χ4v) is 2.99. The summed E-state index contributed by atoms with van der Waals surface area (Å²) >= 11 is 0. The molecule has 6 N–H and O–H groups in total. The average Bonchev–Trinajstić information content (AvgIpc) is 2.72. The molecular formula is C24H21ClN2O4. The van der Waals surface area contributed by atoms with E-state index < -0.39 is 11.9 Å². The standard InChI is InChI=1S/C24H20N2O4.ClH/c25-21-10-3-1-6-17(21)13-19(23(27)28)15-8-5-9-16(12-15)20(24(29)30)14-18-7-2-4-11-22(18)26;/h1-14H,25-26H2,(H,27,28)(H,29,30);1H. The summed E-state index contributed by atoms with van der Waals surface area (Å²) in [6.45, 7) is 0. The molecule has 158 valence electrons. The minimum absolute atomic E-state index is 0. The molecule has 6 nitrogen and oxygen atoms in total. The summed E-state index contributed by atoms with van der Waals surface area (Å²) < 4.78 is 0. The second-order valence-corrected chi connectivity index (χ2v) is 6.56. The molecule has 0 radical (unpaired) electrons. The van der Waals surface area contributed by atoms with E-state index in [-0.39, 0.29) is 23.6 Å². The van der Waals surface area contributed by atoms with E-state index >= 15 is 0 Å². The van der Waals surface area contributed by atoms with Crippen molar-refractivity contribution in [1.82, 2.24) is 0 Å². The van der Waals surface area contributed by atoms with Gasteiger partial charge in [0.1, 0.15) is 0 Å². The molecule has 0 amide bonds. The predicted octanol–water partition coefficient (Wildman–Crippen LogP) is 4.52. The van der Waals surface area contributed by atoms with E-state index in [0.717, 1.165) is 0 Å². The van der Waals surface area contributed by atoms with Gasteiger partial charge < -0.3 is 21.7 Å². The highest BCUT2D eigenvalue weighted by atomic mass is 35.5. The van der Waals surface area contributed by atoms with Crippen LogP contribution in [0.1, 0.15) is 22.3 Å². The Morgan fingerprint density at radius 3 is 1.39 bits per heavy atom. The van der Waals surface area contributed by atoms with Crippen LogP contribution in [-0.2, 0) is 9.59 Å². The Balaban J connectivity index is 0.00000341. The van der Waals surface area contributed by atoms with Gasteiger partial charge in [0, 0.05) is 11.4 Å².